The van der Waals surface area contributed by atoms with Crippen molar-refractivity contribution >= 4 is 5.65 Å². The molecular formula is C22H21F2N5O. The highest BCUT2D eigenvalue weighted by Gasteiger charge is 2.19. The summed E-state index contributed by atoms with van der Waals surface area (Å²) in [4.78, 5) is 8.58. The quantitative estimate of drug-likeness (QED) is 0.495. The summed E-state index contributed by atoms with van der Waals surface area (Å²) in [6.07, 6.45) is 3.64. The van der Waals surface area contributed by atoms with Crippen LogP contribution in [0.2, 0.25) is 0 Å². The molecule has 0 atom stereocenters. The Labute approximate surface area is 172 Å². The van der Waals surface area contributed by atoms with Crippen LogP contribution < -0.4 is 4.74 Å². The molecule has 0 saturated carbocycles. The summed E-state index contributed by atoms with van der Waals surface area (Å²) in [6, 6.07) is 4.64. The molecule has 1 aromatic carbocycles. The fourth-order valence-electron chi connectivity index (χ4n) is 3.70. The molecule has 0 fully saturated rings. The van der Waals surface area contributed by atoms with Gasteiger partial charge < -0.3 is 4.74 Å². The van der Waals surface area contributed by atoms with E-state index in [0.717, 1.165) is 11.3 Å². The number of hydrogen-bond donors (Lipinski definition) is 0. The average Bonchev–Trinajstić information content (AvgIpc) is 3.17. The summed E-state index contributed by atoms with van der Waals surface area (Å²) in [6.45, 7) is 5.44. The van der Waals surface area contributed by atoms with Crippen LogP contribution in [-0.4, -0.2) is 31.7 Å². The van der Waals surface area contributed by atoms with Crippen LogP contribution in [0.5, 0.6) is 5.75 Å². The standard InChI is InChI=1S/C22H21F2N5O/c1-12-7-18(23)15(21(8-12)30-4)5-6-20-19(24)9-16(22-28-26-11-29(20)22)17-10-25-14(3)27-13(17)2/h7-11H,5-6H2,1-4H3. The van der Waals surface area contributed by atoms with E-state index in [4.69, 9.17) is 4.74 Å². The first-order chi connectivity index (χ1) is 14.4. The molecule has 4 aromatic rings. The summed E-state index contributed by atoms with van der Waals surface area (Å²) in [5, 5.41) is 8.13. The minimum absolute atomic E-state index is 0.250. The number of halogens is 2. The van der Waals surface area contributed by atoms with Gasteiger partial charge in [0, 0.05) is 28.6 Å². The third kappa shape index (κ3) is 3.49. The Hall–Kier alpha value is -3.42. The molecule has 6 nitrogen and oxygen atoms in total. The smallest absolute Gasteiger partial charge is 0.169 e. The van der Waals surface area contributed by atoms with Gasteiger partial charge in [-0.05, 0) is 57.4 Å². The van der Waals surface area contributed by atoms with Crippen molar-refractivity contribution in [3.05, 3.63) is 70.7 Å². The number of benzene rings is 1. The van der Waals surface area contributed by atoms with Gasteiger partial charge in [0.1, 0.15) is 29.5 Å². The number of hydrogen-bond acceptors (Lipinski definition) is 5. The van der Waals surface area contributed by atoms with Crippen LogP contribution in [0, 0.1) is 32.4 Å². The Morgan fingerprint density at radius 1 is 1.00 bits per heavy atom. The lowest BCUT2D eigenvalue weighted by molar-refractivity contribution is 0.403. The van der Waals surface area contributed by atoms with Gasteiger partial charge in [-0.2, -0.15) is 0 Å². The molecule has 0 bridgehead atoms. The molecule has 0 radical (unpaired) electrons. The van der Waals surface area contributed by atoms with E-state index in [-0.39, 0.29) is 18.7 Å². The number of fused-ring (bicyclic) bond motifs is 1. The first-order valence-electron chi connectivity index (χ1n) is 9.53. The Morgan fingerprint density at radius 2 is 1.80 bits per heavy atom. The van der Waals surface area contributed by atoms with Crippen LogP contribution in [0.25, 0.3) is 16.8 Å². The van der Waals surface area contributed by atoms with Gasteiger partial charge in [0.25, 0.3) is 0 Å². The maximum absolute atomic E-state index is 15.2. The molecule has 30 heavy (non-hydrogen) atoms. The number of aryl methyl sites for hydroxylation is 4. The van der Waals surface area contributed by atoms with Gasteiger partial charge in [-0.25, -0.2) is 18.7 Å². The highest BCUT2D eigenvalue weighted by atomic mass is 19.1. The Morgan fingerprint density at radius 3 is 2.53 bits per heavy atom. The van der Waals surface area contributed by atoms with Crippen molar-refractivity contribution in [3.8, 4) is 16.9 Å². The largest absolute Gasteiger partial charge is 0.496 e. The molecule has 0 aliphatic heterocycles. The van der Waals surface area contributed by atoms with Crippen molar-refractivity contribution in [2.45, 2.75) is 33.6 Å². The van der Waals surface area contributed by atoms with Gasteiger partial charge in [-0.1, -0.05) is 0 Å². The molecule has 0 aliphatic carbocycles. The van der Waals surface area contributed by atoms with Crippen molar-refractivity contribution in [1.29, 1.82) is 0 Å². The van der Waals surface area contributed by atoms with E-state index in [2.05, 4.69) is 20.2 Å². The molecule has 3 heterocycles. The molecule has 8 heteroatoms. The van der Waals surface area contributed by atoms with Gasteiger partial charge in [0.15, 0.2) is 5.65 Å². The fraction of sp³-hybridized carbons (Fsp3) is 0.273. The highest BCUT2D eigenvalue weighted by Crippen LogP contribution is 2.30. The lowest BCUT2D eigenvalue weighted by Crippen LogP contribution is -2.07. The molecule has 0 amide bonds. The van der Waals surface area contributed by atoms with Crippen LogP contribution >= 0.6 is 0 Å². The van der Waals surface area contributed by atoms with Gasteiger partial charge in [-0.3, -0.25) is 4.40 Å². The third-order valence-electron chi connectivity index (χ3n) is 5.15. The topological polar surface area (TPSA) is 65.2 Å². The summed E-state index contributed by atoms with van der Waals surface area (Å²) in [7, 11) is 1.50. The number of nitrogens with zero attached hydrogens (tertiary/aromatic N) is 5. The zero-order valence-electron chi connectivity index (χ0n) is 17.2. The van der Waals surface area contributed by atoms with Crippen LogP contribution in [0.4, 0.5) is 8.78 Å². The van der Waals surface area contributed by atoms with E-state index < -0.39 is 5.82 Å². The maximum atomic E-state index is 15.2. The lowest BCUT2D eigenvalue weighted by Gasteiger charge is -2.14. The lowest BCUT2D eigenvalue weighted by atomic mass is 10.0. The Bertz CT molecular complexity index is 1250. The van der Waals surface area contributed by atoms with E-state index in [1.54, 1.807) is 30.5 Å². The molecule has 0 aliphatic rings. The second-order valence-corrected chi connectivity index (χ2v) is 7.22. The van der Waals surface area contributed by atoms with Crippen LogP contribution in [0.3, 0.4) is 0 Å². The molecule has 0 saturated heterocycles. The normalized spacial score (nSPS) is 11.3. The summed E-state index contributed by atoms with van der Waals surface area (Å²) >= 11 is 0. The van der Waals surface area contributed by atoms with Crippen molar-refractivity contribution in [2.24, 2.45) is 0 Å². The fourth-order valence-corrected chi connectivity index (χ4v) is 3.70. The molecule has 4 rings (SSSR count). The number of rotatable bonds is 5. The minimum atomic E-state index is -0.427. The second kappa shape index (κ2) is 7.78. The second-order valence-electron chi connectivity index (χ2n) is 7.22. The van der Waals surface area contributed by atoms with Crippen LogP contribution in [0.15, 0.2) is 30.7 Å². The SMILES string of the molecule is COc1cc(C)cc(F)c1CCc1c(F)cc(-c2cnc(C)nc2C)c2nncn12. The number of methoxy groups -OCH3 is 1. The third-order valence-corrected chi connectivity index (χ3v) is 5.15. The van der Waals surface area contributed by atoms with Gasteiger partial charge >= 0.3 is 0 Å². The first kappa shape index (κ1) is 19.9. The van der Waals surface area contributed by atoms with Crippen molar-refractivity contribution in [1.82, 2.24) is 24.6 Å². The molecule has 0 N–H and O–H groups in total. The summed E-state index contributed by atoms with van der Waals surface area (Å²) in [5.41, 5.74) is 4.02. The number of ether oxygens (including phenoxy) is 1. The average molecular weight is 409 g/mol. The summed E-state index contributed by atoms with van der Waals surface area (Å²) < 4.78 is 36.6. The van der Waals surface area contributed by atoms with E-state index in [1.165, 1.54) is 25.6 Å². The van der Waals surface area contributed by atoms with E-state index in [0.29, 0.717) is 39.6 Å². The maximum Gasteiger partial charge on any atom is 0.169 e. The molecular weight excluding hydrogens is 388 g/mol. The Balaban J connectivity index is 1.76. The molecule has 3 aromatic heterocycles. The number of pyridine rings is 1. The highest BCUT2D eigenvalue weighted by molar-refractivity contribution is 5.78. The van der Waals surface area contributed by atoms with Crippen molar-refractivity contribution in [2.75, 3.05) is 7.11 Å². The van der Waals surface area contributed by atoms with Crippen LogP contribution in [-0.2, 0) is 12.8 Å². The van der Waals surface area contributed by atoms with E-state index >= 15 is 4.39 Å². The van der Waals surface area contributed by atoms with E-state index in [1.807, 2.05) is 6.92 Å². The van der Waals surface area contributed by atoms with Crippen molar-refractivity contribution < 1.29 is 13.5 Å². The molecule has 0 unspecified atom stereocenters. The first-order valence-corrected chi connectivity index (χ1v) is 9.53. The monoisotopic (exact) mass is 409 g/mol. The zero-order valence-corrected chi connectivity index (χ0v) is 17.2. The Kier molecular flexibility index (Phi) is 5.15. The molecule has 0 spiro atoms. The van der Waals surface area contributed by atoms with Crippen molar-refractivity contribution in [3.63, 3.8) is 0 Å². The van der Waals surface area contributed by atoms with Gasteiger partial charge in [0.2, 0.25) is 0 Å². The van der Waals surface area contributed by atoms with E-state index in [9.17, 15) is 4.39 Å². The number of aromatic nitrogens is 5. The predicted octanol–water partition coefficient (Wildman–Crippen LogP) is 4.18. The zero-order chi connectivity index (χ0) is 21.4. The van der Waals surface area contributed by atoms with Gasteiger partial charge in [-0.15, -0.1) is 10.2 Å². The minimum Gasteiger partial charge on any atom is -0.496 e. The van der Waals surface area contributed by atoms with Gasteiger partial charge in [0.05, 0.1) is 12.8 Å². The summed E-state index contributed by atoms with van der Waals surface area (Å²) in [5.74, 6) is 0.303. The predicted molar refractivity (Wildman–Crippen MR) is 109 cm³/mol. The van der Waals surface area contributed by atoms with Crippen LogP contribution in [0.1, 0.15) is 28.3 Å². The molecule has 154 valence electrons.